The lowest BCUT2D eigenvalue weighted by Gasteiger charge is -2.13. The van der Waals surface area contributed by atoms with Crippen LogP contribution in [0.4, 0.5) is 5.69 Å². The fraction of sp³-hybridized carbons (Fsp3) is 0.417. The first-order valence-electron chi connectivity index (χ1n) is 5.79. The first-order valence-corrected chi connectivity index (χ1v) is 6.17. The molecule has 1 atom stereocenters. The number of nitrogens with one attached hydrogen (secondary N) is 1. The molecule has 1 aromatic rings. The molecule has 0 saturated heterocycles. The van der Waals surface area contributed by atoms with E-state index in [0.717, 1.165) is 0 Å². The zero-order valence-electron chi connectivity index (χ0n) is 11.1. The van der Waals surface area contributed by atoms with E-state index in [1.807, 2.05) is 0 Å². The standard InChI is InChI=1S/C12H15ClN2O5/c1-8(6-19-2)14-12(16)7-20-11-4-3-9(15(17)18)5-10(11)13/h3-5,8H,6-7H2,1-2H3,(H,14,16)/t8-/m1/s1. The summed E-state index contributed by atoms with van der Waals surface area (Å²) in [5.41, 5.74) is -0.138. The summed E-state index contributed by atoms with van der Waals surface area (Å²) in [4.78, 5) is 21.5. The molecule has 0 aliphatic heterocycles. The van der Waals surface area contributed by atoms with Crippen LogP contribution in [0.2, 0.25) is 5.02 Å². The summed E-state index contributed by atoms with van der Waals surface area (Å²) in [6.45, 7) is 1.95. The number of ether oxygens (including phenoxy) is 2. The number of nitro benzene ring substituents is 1. The SMILES string of the molecule is COC[C@@H](C)NC(=O)COc1ccc([N+](=O)[O-])cc1Cl. The molecule has 1 rings (SSSR count). The molecule has 0 aromatic heterocycles. The van der Waals surface area contributed by atoms with Gasteiger partial charge in [0.25, 0.3) is 11.6 Å². The summed E-state index contributed by atoms with van der Waals surface area (Å²) >= 11 is 5.83. The topological polar surface area (TPSA) is 90.7 Å². The van der Waals surface area contributed by atoms with Crippen molar-refractivity contribution in [2.75, 3.05) is 20.3 Å². The van der Waals surface area contributed by atoms with Crippen LogP contribution in [0.5, 0.6) is 5.75 Å². The fourth-order valence-electron chi connectivity index (χ4n) is 1.47. The molecule has 0 heterocycles. The molecule has 20 heavy (non-hydrogen) atoms. The van der Waals surface area contributed by atoms with Gasteiger partial charge in [-0.2, -0.15) is 0 Å². The number of benzene rings is 1. The van der Waals surface area contributed by atoms with Crippen LogP contribution in [0.25, 0.3) is 0 Å². The predicted molar refractivity (Wildman–Crippen MR) is 73.1 cm³/mol. The van der Waals surface area contributed by atoms with Crippen molar-refractivity contribution in [3.8, 4) is 5.75 Å². The normalized spacial score (nSPS) is 11.8. The lowest BCUT2D eigenvalue weighted by Crippen LogP contribution is -2.38. The number of nitrogens with zero attached hydrogens (tertiary/aromatic N) is 1. The van der Waals surface area contributed by atoms with Gasteiger partial charge in [-0.3, -0.25) is 14.9 Å². The Balaban J connectivity index is 2.53. The Hall–Kier alpha value is -1.86. The van der Waals surface area contributed by atoms with Crippen LogP contribution in [0.3, 0.4) is 0 Å². The molecule has 7 nitrogen and oxygen atoms in total. The average molecular weight is 303 g/mol. The van der Waals surface area contributed by atoms with E-state index in [1.165, 1.54) is 25.3 Å². The number of hydrogen-bond donors (Lipinski definition) is 1. The summed E-state index contributed by atoms with van der Waals surface area (Å²) < 4.78 is 10.1. The number of hydrogen-bond acceptors (Lipinski definition) is 5. The minimum absolute atomic E-state index is 0.0805. The molecule has 1 aromatic carbocycles. The van der Waals surface area contributed by atoms with Crippen molar-refractivity contribution in [2.45, 2.75) is 13.0 Å². The molecule has 0 saturated carbocycles. The highest BCUT2D eigenvalue weighted by atomic mass is 35.5. The van der Waals surface area contributed by atoms with Crippen LogP contribution in [-0.4, -0.2) is 37.2 Å². The maximum atomic E-state index is 11.5. The highest BCUT2D eigenvalue weighted by molar-refractivity contribution is 6.32. The molecule has 0 spiro atoms. The molecule has 1 amide bonds. The molecule has 0 unspecified atom stereocenters. The Kier molecular flexibility index (Phi) is 6.20. The maximum Gasteiger partial charge on any atom is 0.271 e. The van der Waals surface area contributed by atoms with Crippen LogP contribution in [-0.2, 0) is 9.53 Å². The van der Waals surface area contributed by atoms with Crippen molar-refractivity contribution in [3.05, 3.63) is 33.3 Å². The number of nitro groups is 1. The van der Waals surface area contributed by atoms with Crippen LogP contribution < -0.4 is 10.1 Å². The minimum atomic E-state index is -0.561. The molecule has 0 bridgehead atoms. The first-order chi connectivity index (χ1) is 9.43. The molecule has 0 radical (unpaired) electrons. The Morgan fingerprint density at radius 1 is 1.55 bits per heavy atom. The second-order valence-corrected chi connectivity index (χ2v) is 4.49. The maximum absolute atomic E-state index is 11.5. The van der Waals surface area contributed by atoms with Gasteiger partial charge in [0, 0.05) is 25.3 Å². The number of halogens is 1. The average Bonchev–Trinajstić information content (AvgIpc) is 2.37. The molecule has 110 valence electrons. The highest BCUT2D eigenvalue weighted by Crippen LogP contribution is 2.28. The number of rotatable bonds is 7. The van der Waals surface area contributed by atoms with Gasteiger partial charge < -0.3 is 14.8 Å². The molecule has 0 aliphatic rings. The first kappa shape index (κ1) is 16.2. The van der Waals surface area contributed by atoms with Crippen LogP contribution in [0.1, 0.15) is 6.92 Å². The van der Waals surface area contributed by atoms with Gasteiger partial charge in [0.2, 0.25) is 0 Å². The monoisotopic (exact) mass is 302 g/mol. The number of carbonyl (C=O) groups excluding carboxylic acids is 1. The van der Waals surface area contributed by atoms with E-state index in [-0.39, 0.29) is 35.0 Å². The van der Waals surface area contributed by atoms with E-state index in [4.69, 9.17) is 21.1 Å². The van der Waals surface area contributed by atoms with Gasteiger partial charge >= 0.3 is 0 Å². The van der Waals surface area contributed by atoms with Crippen molar-refractivity contribution < 1.29 is 19.2 Å². The van der Waals surface area contributed by atoms with E-state index in [0.29, 0.717) is 6.61 Å². The van der Waals surface area contributed by atoms with Crippen molar-refractivity contribution in [3.63, 3.8) is 0 Å². The van der Waals surface area contributed by atoms with Gasteiger partial charge in [-0.25, -0.2) is 0 Å². The van der Waals surface area contributed by atoms with Crippen molar-refractivity contribution in [2.24, 2.45) is 0 Å². The Bertz CT molecular complexity index is 495. The van der Waals surface area contributed by atoms with Crippen LogP contribution in [0, 0.1) is 10.1 Å². The van der Waals surface area contributed by atoms with Gasteiger partial charge in [-0.1, -0.05) is 11.6 Å². The van der Waals surface area contributed by atoms with Crippen molar-refractivity contribution >= 4 is 23.2 Å². The fourth-order valence-corrected chi connectivity index (χ4v) is 1.70. The summed E-state index contributed by atoms with van der Waals surface area (Å²) in [6, 6.07) is 3.64. The second-order valence-electron chi connectivity index (χ2n) is 4.08. The molecular weight excluding hydrogens is 288 g/mol. The third-order valence-electron chi connectivity index (χ3n) is 2.31. The van der Waals surface area contributed by atoms with E-state index in [2.05, 4.69) is 5.32 Å². The lowest BCUT2D eigenvalue weighted by molar-refractivity contribution is -0.384. The summed E-state index contributed by atoms with van der Waals surface area (Å²) in [6.07, 6.45) is 0. The Morgan fingerprint density at radius 2 is 2.25 bits per heavy atom. The van der Waals surface area contributed by atoms with E-state index < -0.39 is 4.92 Å². The predicted octanol–water partition coefficient (Wildman–Crippen LogP) is 1.78. The third kappa shape index (κ3) is 5.02. The summed E-state index contributed by atoms with van der Waals surface area (Å²) in [5, 5.41) is 13.3. The zero-order chi connectivity index (χ0) is 15.1. The number of methoxy groups -OCH3 is 1. The minimum Gasteiger partial charge on any atom is -0.482 e. The van der Waals surface area contributed by atoms with Gasteiger partial charge in [-0.05, 0) is 13.0 Å². The zero-order valence-corrected chi connectivity index (χ0v) is 11.8. The molecule has 8 heteroatoms. The van der Waals surface area contributed by atoms with Gasteiger partial charge in [0.15, 0.2) is 6.61 Å². The van der Waals surface area contributed by atoms with E-state index >= 15 is 0 Å². The number of non-ortho nitro benzene ring substituents is 1. The van der Waals surface area contributed by atoms with E-state index in [9.17, 15) is 14.9 Å². The summed E-state index contributed by atoms with van der Waals surface area (Å²) in [5.74, 6) is -0.115. The van der Waals surface area contributed by atoms with Gasteiger partial charge in [0.1, 0.15) is 5.75 Å². The number of carbonyl (C=O) groups is 1. The van der Waals surface area contributed by atoms with Crippen LogP contribution >= 0.6 is 11.6 Å². The molecule has 1 N–H and O–H groups in total. The molecule has 0 fully saturated rings. The summed E-state index contributed by atoms with van der Waals surface area (Å²) in [7, 11) is 1.54. The Morgan fingerprint density at radius 3 is 2.80 bits per heavy atom. The van der Waals surface area contributed by atoms with Crippen LogP contribution in [0.15, 0.2) is 18.2 Å². The van der Waals surface area contributed by atoms with Crippen molar-refractivity contribution in [1.82, 2.24) is 5.32 Å². The lowest BCUT2D eigenvalue weighted by atomic mass is 10.3. The molecular formula is C12H15ClN2O5. The second kappa shape index (κ2) is 7.66. The molecule has 0 aliphatic carbocycles. The van der Waals surface area contributed by atoms with Gasteiger partial charge in [-0.15, -0.1) is 0 Å². The number of amides is 1. The quantitative estimate of drug-likeness (QED) is 0.612. The van der Waals surface area contributed by atoms with E-state index in [1.54, 1.807) is 6.92 Å². The van der Waals surface area contributed by atoms with Gasteiger partial charge in [0.05, 0.1) is 16.6 Å². The van der Waals surface area contributed by atoms with Crippen molar-refractivity contribution in [1.29, 1.82) is 0 Å². The largest absolute Gasteiger partial charge is 0.482 e. The Labute approximate surface area is 121 Å². The smallest absolute Gasteiger partial charge is 0.271 e. The third-order valence-corrected chi connectivity index (χ3v) is 2.60. The highest BCUT2D eigenvalue weighted by Gasteiger charge is 2.12.